The minimum Gasteiger partial charge on any atom is -0.309 e. The topological polar surface area (TPSA) is 59.1 Å². The maximum absolute atomic E-state index is 11.1. The van der Waals surface area contributed by atoms with Gasteiger partial charge in [-0.1, -0.05) is 6.92 Å². The Labute approximate surface area is 91.5 Å². The van der Waals surface area contributed by atoms with Gasteiger partial charge >= 0.3 is 0 Å². The molecule has 0 bridgehead atoms. The Bertz CT molecular complexity index is 432. The molecule has 0 atom stereocenters. The fraction of sp³-hybridized carbons (Fsp3) is 0.300. The summed E-state index contributed by atoms with van der Waals surface area (Å²) in [4.78, 5) is 27.0. The van der Waals surface area contributed by atoms with Gasteiger partial charge in [0.05, 0.1) is 10.6 Å². The minimum absolute atomic E-state index is 0.0684. The molecule has 1 aromatic rings. The number of carbonyl (C=O) groups excluding carboxylic acids is 2. The first-order valence-corrected chi connectivity index (χ1v) is 5.65. The van der Waals surface area contributed by atoms with Crippen molar-refractivity contribution in [1.29, 1.82) is 0 Å². The first kappa shape index (κ1) is 10.2. The standard InChI is InChI=1S/C10H10N2O2S/c1-2-6-3-8-10(11-7(6)4-13)12-9(14)5-15-8/h3-4H,2,5H2,1H3,(H,11,12,14). The third-order valence-corrected chi connectivity index (χ3v) is 3.24. The highest BCUT2D eigenvalue weighted by molar-refractivity contribution is 8.00. The predicted molar refractivity (Wildman–Crippen MR) is 58.4 cm³/mol. The first-order chi connectivity index (χ1) is 7.24. The van der Waals surface area contributed by atoms with Crippen molar-refractivity contribution in [1.82, 2.24) is 4.98 Å². The van der Waals surface area contributed by atoms with Crippen molar-refractivity contribution in [2.45, 2.75) is 18.2 Å². The second kappa shape index (κ2) is 4.02. The average Bonchev–Trinajstić information content (AvgIpc) is 2.27. The van der Waals surface area contributed by atoms with E-state index in [4.69, 9.17) is 0 Å². The van der Waals surface area contributed by atoms with E-state index < -0.39 is 0 Å². The van der Waals surface area contributed by atoms with Gasteiger partial charge in [0.2, 0.25) is 5.91 Å². The smallest absolute Gasteiger partial charge is 0.235 e. The minimum atomic E-state index is -0.0684. The van der Waals surface area contributed by atoms with Crippen LogP contribution >= 0.6 is 11.8 Å². The number of aromatic nitrogens is 1. The van der Waals surface area contributed by atoms with E-state index in [0.29, 0.717) is 17.3 Å². The third-order valence-electron chi connectivity index (χ3n) is 2.21. The van der Waals surface area contributed by atoms with Crippen molar-refractivity contribution in [2.75, 3.05) is 11.1 Å². The Balaban J connectivity index is 2.49. The van der Waals surface area contributed by atoms with E-state index in [1.54, 1.807) is 0 Å². The fourth-order valence-electron chi connectivity index (χ4n) is 1.44. The number of nitrogens with zero attached hydrogens (tertiary/aromatic N) is 1. The van der Waals surface area contributed by atoms with Gasteiger partial charge in [-0.05, 0) is 18.1 Å². The summed E-state index contributed by atoms with van der Waals surface area (Å²) in [6.45, 7) is 1.97. The summed E-state index contributed by atoms with van der Waals surface area (Å²) in [5, 5.41) is 2.66. The van der Waals surface area contributed by atoms with Crippen LogP contribution in [-0.4, -0.2) is 22.9 Å². The number of carbonyl (C=O) groups is 2. The normalized spacial score (nSPS) is 14.3. The van der Waals surface area contributed by atoms with Crippen molar-refractivity contribution < 1.29 is 9.59 Å². The molecule has 1 aliphatic rings. The lowest BCUT2D eigenvalue weighted by Crippen LogP contribution is -2.20. The predicted octanol–water partition coefficient (Wildman–Crippen LogP) is 1.50. The summed E-state index contributed by atoms with van der Waals surface area (Å²) in [6, 6.07) is 1.93. The molecule has 1 N–H and O–H groups in total. The number of nitrogens with one attached hydrogen (secondary N) is 1. The molecule has 4 nitrogen and oxygen atoms in total. The van der Waals surface area contributed by atoms with Crippen LogP contribution in [0.2, 0.25) is 0 Å². The Hall–Kier alpha value is -1.36. The van der Waals surface area contributed by atoms with Crippen LogP contribution < -0.4 is 5.32 Å². The van der Waals surface area contributed by atoms with Gasteiger partial charge in [-0.25, -0.2) is 4.98 Å². The van der Waals surface area contributed by atoms with Gasteiger partial charge in [-0.2, -0.15) is 0 Å². The molecule has 1 amide bonds. The van der Waals surface area contributed by atoms with E-state index in [2.05, 4.69) is 10.3 Å². The van der Waals surface area contributed by atoms with Crippen LogP contribution in [0.15, 0.2) is 11.0 Å². The molecule has 0 saturated heterocycles. The van der Waals surface area contributed by atoms with Crippen LogP contribution in [0.25, 0.3) is 0 Å². The van der Waals surface area contributed by atoms with E-state index in [-0.39, 0.29) is 5.91 Å². The molecule has 2 heterocycles. The monoisotopic (exact) mass is 222 g/mol. The molecule has 0 aromatic carbocycles. The molecule has 0 saturated carbocycles. The van der Waals surface area contributed by atoms with Gasteiger partial charge in [-0.3, -0.25) is 9.59 Å². The highest BCUT2D eigenvalue weighted by Crippen LogP contribution is 2.31. The maximum Gasteiger partial charge on any atom is 0.235 e. The van der Waals surface area contributed by atoms with Gasteiger partial charge < -0.3 is 5.32 Å². The molecule has 5 heteroatoms. The number of pyridine rings is 1. The number of anilines is 1. The van der Waals surface area contributed by atoms with Gasteiger partial charge in [0.1, 0.15) is 11.5 Å². The highest BCUT2D eigenvalue weighted by atomic mass is 32.2. The van der Waals surface area contributed by atoms with Crippen molar-refractivity contribution in [2.24, 2.45) is 0 Å². The summed E-state index contributed by atoms with van der Waals surface area (Å²) in [5.41, 5.74) is 1.34. The molecule has 2 rings (SSSR count). The van der Waals surface area contributed by atoms with Gasteiger partial charge in [0.15, 0.2) is 6.29 Å². The Morgan fingerprint density at radius 2 is 2.47 bits per heavy atom. The largest absolute Gasteiger partial charge is 0.309 e. The molecule has 0 fully saturated rings. The van der Waals surface area contributed by atoms with Crippen LogP contribution in [0, 0.1) is 0 Å². The number of aldehydes is 1. The molecule has 0 radical (unpaired) electrons. The first-order valence-electron chi connectivity index (χ1n) is 4.66. The van der Waals surface area contributed by atoms with E-state index in [1.165, 1.54) is 11.8 Å². The average molecular weight is 222 g/mol. The lowest BCUT2D eigenvalue weighted by molar-refractivity contribution is -0.113. The number of thioether (sulfide) groups is 1. The maximum atomic E-state index is 11.1. The molecule has 0 aliphatic carbocycles. The Morgan fingerprint density at radius 1 is 1.67 bits per heavy atom. The lowest BCUT2D eigenvalue weighted by atomic mass is 10.1. The van der Waals surface area contributed by atoms with Gasteiger partial charge in [-0.15, -0.1) is 11.8 Å². The molecule has 78 valence electrons. The zero-order valence-corrected chi connectivity index (χ0v) is 9.06. The van der Waals surface area contributed by atoms with Crippen LogP contribution in [0.3, 0.4) is 0 Å². The van der Waals surface area contributed by atoms with Gasteiger partial charge in [0, 0.05) is 0 Å². The molecule has 1 aliphatic heterocycles. The molecular formula is C10H10N2O2S. The molecule has 1 aromatic heterocycles. The van der Waals surface area contributed by atoms with Crippen LogP contribution in [-0.2, 0) is 11.2 Å². The molecule has 0 unspecified atom stereocenters. The van der Waals surface area contributed by atoms with Crippen molar-refractivity contribution >= 4 is 29.8 Å². The fourth-order valence-corrected chi connectivity index (χ4v) is 2.26. The summed E-state index contributed by atoms with van der Waals surface area (Å²) in [5.74, 6) is 0.856. The zero-order chi connectivity index (χ0) is 10.8. The Kier molecular flexibility index (Phi) is 2.73. The highest BCUT2D eigenvalue weighted by Gasteiger charge is 2.18. The lowest BCUT2D eigenvalue weighted by Gasteiger charge is -2.16. The number of hydrogen-bond donors (Lipinski definition) is 1. The number of hydrogen-bond acceptors (Lipinski definition) is 4. The number of aryl methyl sites for hydroxylation is 1. The molecular weight excluding hydrogens is 212 g/mol. The van der Waals surface area contributed by atoms with E-state index in [9.17, 15) is 9.59 Å². The molecule has 0 spiro atoms. The zero-order valence-electron chi connectivity index (χ0n) is 8.24. The van der Waals surface area contributed by atoms with Crippen molar-refractivity contribution in [3.05, 3.63) is 17.3 Å². The summed E-state index contributed by atoms with van der Waals surface area (Å²) >= 11 is 1.46. The van der Waals surface area contributed by atoms with Crippen molar-refractivity contribution in [3.8, 4) is 0 Å². The quantitative estimate of drug-likeness (QED) is 0.770. The third kappa shape index (κ3) is 1.87. The second-order valence-electron chi connectivity index (χ2n) is 3.19. The van der Waals surface area contributed by atoms with E-state index in [1.807, 2.05) is 13.0 Å². The second-order valence-corrected chi connectivity index (χ2v) is 4.20. The van der Waals surface area contributed by atoms with Crippen LogP contribution in [0.4, 0.5) is 5.82 Å². The number of rotatable bonds is 2. The van der Waals surface area contributed by atoms with Gasteiger partial charge in [0.25, 0.3) is 0 Å². The number of amides is 1. The van der Waals surface area contributed by atoms with E-state index in [0.717, 1.165) is 23.2 Å². The molecule has 15 heavy (non-hydrogen) atoms. The summed E-state index contributed by atoms with van der Waals surface area (Å²) in [6.07, 6.45) is 1.49. The summed E-state index contributed by atoms with van der Waals surface area (Å²) < 4.78 is 0. The van der Waals surface area contributed by atoms with Crippen LogP contribution in [0.5, 0.6) is 0 Å². The Morgan fingerprint density at radius 3 is 3.13 bits per heavy atom. The number of fused-ring (bicyclic) bond motifs is 1. The van der Waals surface area contributed by atoms with Crippen LogP contribution in [0.1, 0.15) is 23.0 Å². The van der Waals surface area contributed by atoms with Crippen molar-refractivity contribution in [3.63, 3.8) is 0 Å². The SMILES string of the molecule is CCc1cc2c(nc1C=O)NC(=O)CS2. The van der Waals surface area contributed by atoms with E-state index >= 15 is 0 Å². The summed E-state index contributed by atoms with van der Waals surface area (Å²) in [7, 11) is 0.